The highest BCUT2D eigenvalue weighted by atomic mass is 16.5. The molecule has 29 heavy (non-hydrogen) atoms. The fraction of sp³-hybridized carbons (Fsp3) is 0.391. The molecule has 0 aromatic heterocycles. The first-order chi connectivity index (χ1) is 14.0. The summed E-state index contributed by atoms with van der Waals surface area (Å²) in [6.45, 7) is 7.04. The van der Waals surface area contributed by atoms with Crippen LogP contribution in [-0.4, -0.2) is 61.4 Å². The first-order valence-electron chi connectivity index (χ1n) is 9.94. The van der Waals surface area contributed by atoms with Crippen molar-refractivity contribution in [3.63, 3.8) is 0 Å². The summed E-state index contributed by atoms with van der Waals surface area (Å²) in [5.41, 5.74) is 3.40. The van der Waals surface area contributed by atoms with Crippen molar-refractivity contribution in [2.45, 2.75) is 20.4 Å². The molecule has 1 fully saturated rings. The van der Waals surface area contributed by atoms with E-state index >= 15 is 0 Å². The van der Waals surface area contributed by atoms with Crippen LogP contribution in [0.1, 0.15) is 18.1 Å². The summed E-state index contributed by atoms with van der Waals surface area (Å²) >= 11 is 0. The maximum atomic E-state index is 12.8. The lowest BCUT2D eigenvalue weighted by Crippen LogP contribution is -2.51. The van der Waals surface area contributed by atoms with E-state index in [0.29, 0.717) is 19.6 Å². The number of piperazine rings is 1. The Hall–Kier alpha value is -3.02. The zero-order valence-electron chi connectivity index (χ0n) is 17.4. The van der Waals surface area contributed by atoms with Crippen LogP contribution in [0.3, 0.4) is 0 Å². The van der Waals surface area contributed by atoms with Crippen molar-refractivity contribution in [3.05, 3.63) is 59.7 Å². The van der Waals surface area contributed by atoms with Crippen molar-refractivity contribution >= 4 is 17.5 Å². The zero-order valence-corrected chi connectivity index (χ0v) is 17.4. The molecule has 154 valence electrons. The van der Waals surface area contributed by atoms with E-state index in [-0.39, 0.29) is 18.4 Å². The van der Waals surface area contributed by atoms with E-state index in [0.717, 1.165) is 24.4 Å². The van der Waals surface area contributed by atoms with Crippen LogP contribution >= 0.6 is 0 Å². The number of methoxy groups -OCH3 is 1. The number of hydrogen-bond acceptors (Lipinski definition) is 4. The molecule has 0 radical (unpaired) electrons. The Kier molecular flexibility index (Phi) is 6.75. The number of amides is 2. The molecule has 1 aliphatic rings. The topological polar surface area (TPSA) is 53.1 Å². The van der Waals surface area contributed by atoms with Gasteiger partial charge in [-0.15, -0.1) is 0 Å². The number of benzene rings is 2. The Morgan fingerprint density at radius 1 is 1.03 bits per heavy atom. The van der Waals surface area contributed by atoms with Gasteiger partial charge < -0.3 is 19.4 Å². The van der Waals surface area contributed by atoms with Gasteiger partial charge >= 0.3 is 0 Å². The van der Waals surface area contributed by atoms with E-state index in [4.69, 9.17) is 4.74 Å². The van der Waals surface area contributed by atoms with E-state index in [9.17, 15) is 9.59 Å². The number of ether oxygens (including phenoxy) is 1. The summed E-state index contributed by atoms with van der Waals surface area (Å²) < 4.78 is 5.17. The molecule has 2 aromatic carbocycles. The van der Waals surface area contributed by atoms with Crippen molar-refractivity contribution in [1.82, 2.24) is 9.80 Å². The molecular weight excluding hydrogens is 366 g/mol. The number of anilines is 1. The number of carbonyl (C=O) groups is 2. The normalized spacial score (nSPS) is 13.9. The maximum absolute atomic E-state index is 12.8. The molecule has 6 heteroatoms. The molecule has 0 bridgehead atoms. The van der Waals surface area contributed by atoms with Gasteiger partial charge in [0.1, 0.15) is 12.3 Å². The summed E-state index contributed by atoms with van der Waals surface area (Å²) in [6.07, 6.45) is 0. The highest BCUT2D eigenvalue weighted by Gasteiger charge is 2.24. The minimum absolute atomic E-state index is 0.00222. The third kappa shape index (κ3) is 5.50. The molecule has 0 spiro atoms. The largest absolute Gasteiger partial charge is 0.497 e. The van der Waals surface area contributed by atoms with Crippen LogP contribution in [0.5, 0.6) is 5.75 Å². The van der Waals surface area contributed by atoms with E-state index in [1.165, 1.54) is 18.2 Å². The third-order valence-corrected chi connectivity index (χ3v) is 5.30. The van der Waals surface area contributed by atoms with E-state index < -0.39 is 0 Å². The first kappa shape index (κ1) is 20.7. The standard InChI is InChI=1S/C23H29N3O3/c1-18-5-4-6-21(15-18)24-11-13-25(14-12-24)23(28)17-26(19(2)27)16-20-7-9-22(29-3)10-8-20/h4-10,15H,11-14,16-17H2,1-3H3. The van der Waals surface area contributed by atoms with E-state index in [1.54, 1.807) is 12.0 Å². The molecular formula is C23H29N3O3. The number of nitrogens with zero attached hydrogens (tertiary/aromatic N) is 3. The number of hydrogen-bond donors (Lipinski definition) is 0. The Labute approximate surface area is 172 Å². The van der Waals surface area contributed by atoms with E-state index in [1.807, 2.05) is 29.2 Å². The summed E-state index contributed by atoms with van der Waals surface area (Å²) in [4.78, 5) is 30.6. The number of aryl methyl sites for hydroxylation is 1. The Balaban J connectivity index is 1.55. The average Bonchev–Trinajstić information content (AvgIpc) is 2.73. The van der Waals surface area contributed by atoms with Crippen LogP contribution < -0.4 is 9.64 Å². The van der Waals surface area contributed by atoms with Crippen LogP contribution in [0, 0.1) is 6.92 Å². The highest BCUT2D eigenvalue weighted by molar-refractivity contribution is 5.84. The molecule has 1 heterocycles. The molecule has 1 aliphatic heterocycles. The van der Waals surface area contributed by atoms with Gasteiger partial charge in [0.25, 0.3) is 0 Å². The lowest BCUT2D eigenvalue weighted by atomic mass is 10.2. The number of carbonyl (C=O) groups excluding carboxylic acids is 2. The molecule has 0 atom stereocenters. The fourth-order valence-corrected chi connectivity index (χ4v) is 3.53. The molecule has 0 aliphatic carbocycles. The van der Waals surface area contributed by atoms with Crippen molar-refractivity contribution in [3.8, 4) is 5.75 Å². The van der Waals surface area contributed by atoms with Gasteiger partial charge in [-0.3, -0.25) is 9.59 Å². The van der Waals surface area contributed by atoms with Gasteiger partial charge in [0, 0.05) is 45.3 Å². The van der Waals surface area contributed by atoms with Gasteiger partial charge in [0.2, 0.25) is 11.8 Å². The lowest BCUT2D eigenvalue weighted by molar-refractivity contribution is -0.140. The number of rotatable bonds is 6. The second kappa shape index (κ2) is 9.45. The van der Waals surface area contributed by atoms with Crippen LogP contribution in [0.15, 0.2) is 48.5 Å². The molecule has 0 N–H and O–H groups in total. The molecule has 0 saturated carbocycles. The van der Waals surface area contributed by atoms with Gasteiger partial charge in [-0.05, 0) is 42.3 Å². The second-order valence-electron chi connectivity index (χ2n) is 7.43. The van der Waals surface area contributed by atoms with Gasteiger partial charge in [-0.1, -0.05) is 24.3 Å². The summed E-state index contributed by atoms with van der Waals surface area (Å²) in [6, 6.07) is 16.0. The Morgan fingerprint density at radius 2 is 1.72 bits per heavy atom. The average molecular weight is 396 g/mol. The van der Waals surface area contributed by atoms with Gasteiger partial charge in [0.05, 0.1) is 7.11 Å². The van der Waals surface area contributed by atoms with Crippen molar-refractivity contribution in [1.29, 1.82) is 0 Å². The quantitative estimate of drug-likeness (QED) is 0.755. The van der Waals surface area contributed by atoms with Crippen LogP contribution in [0.2, 0.25) is 0 Å². The lowest BCUT2D eigenvalue weighted by Gasteiger charge is -2.37. The van der Waals surface area contributed by atoms with Gasteiger partial charge in [-0.25, -0.2) is 0 Å². The Bertz CT molecular complexity index is 843. The fourth-order valence-electron chi connectivity index (χ4n) is 3.53. The van der Waals surface area contributed by atoms with Crippen LogP contribution in [0.4, 0.5) is 5.69 Å². The van der Waals surface area contributed by atoms with Gasteiger partial charge in [-0.2, -0.15) is 0 Å². The maximum Gasteiger partial charge on any atom is 0.242 e. The molecule has 2 aromatic rings. The summed E-state index contributed by atoms with van der Waals surface area (Å²) in [5, 5.41) is 0. The van der Waals surface area contributed by atoms with Crippen LogP contribution in [-0.2, 0) is 16.1 Å². The molecule has 2 amide bonds. The second-order valence-corrected chi connectivity index (χ2v) is 7.43. The summed E-state index contributed by atoms with van der Waals surface area (Å²) in [5.74, 6) is 0.663. The molecule has 0 unspecified atom stereocenters. The minimum atomic E-state index is -0.104. The highest BCUT2D eigenvalue weighted by Crippen LogP contribution is 2.18. The Morgan fingerprint density at radius 3 is 2.31 bits per heavy atom. The SMILES string of the molecule is COc1ccc(CN(CC(=O)N2CCN(c3cccc(C)c3)CC2)C(C)=O)cc1. The van der Waals surface area contributed by atoms with E-state index in [2.05, 4.69) is 36.1 Å². The van der Waals surface area contributed by atoms with Gasteiger partial charge in [0.15, 0.2) is 0 Å². The molecule has 1 saturated heterocycles. The van der Waals surface area contributed by atoms with Crippen molar-refractivity contribution in [2.75, 3.05) is 44.7 Å². The van der Waals surface area contributed by atoms with Crippen molar-refractivity contribution in [2.24, 2.45) is 0 Å². The zero-order chi connectivity index (χ0) is 20.8. The predicted molar refractivity (Wildman–Crippen MR) is 114 cm³/mol. The predicted octanol–water partition coefficient (Wildman–Crippen LogP) is 2.70. The molecule has 3 rings (SSSR count). The third-order valence-electron chi connectivity index (χ3n) is 5.30. The van der Waals surface area contributed by atoms with Crippen LogP contribution in [0.25, 0.3) is 0 Å². The van der Waals surface area contributed by atoms with Crippen molar-refractivity contribution < 1.29 is 14.3 Å². The summed E-state index contributed by atoms with van der Waals surface area (Å²) in [7, 11) is 1.62. The minimum Gasteiger partial charge on any atom is -0.497 e. The smallest absolute Gasteiger partial charge is 0.242 e. The molecule has 6 nitrogen and oxygen atoms in total. The monoisotopic (exact) mass is 395 g/mol. The first-order valence-corrected chi connectivity index (χ1v) is 9.94.